The van der Waals surface area contributed by atoms with Gasteiger partial charge in [-0.15, -0.1) is 0 Å². The number of nitrogens with zero attached hydrogens (tertiary/aromatic N) is 2. The number of aromatic nitrogens is 2. The average molecular weight is 235 g/mol. The molecular formula is C14H25N3. The molecule has 0 radical (unpaired) electrons. The lowest BCUT2D eigenvalue weighted by molar-refractivity contribution is 0.452. The fourth-order valence-electron chi connectivity index (χ4n) is 1.93. The Morgan fingerprint density at radius 1 is 1.29 bits per heavy atom. The molecule has 3 heteroatoms. The van der Waals surface area contributed by atoms with E-state index < -0.39 is 0 Å². The second-order valence-corrected chi connectivity index (χ2v) is 5.84. The first-order chi connectivity index (χ1) is 7.85. The molecule has 96 valence electrons. The Hall–Kier alpha value is -0.960. The van der Waals surface area contributed by atoms with Gasteiger partial charge in [-0.3, -0.25) is 0 Å². The first kappa shape index (κ1) is 14.1. The van der Waals surface area contributed by atoms with Crippen molar-refractivity contribution >= 4 is 0 Å². The van der Waals surface area contributed by atoms with Crippen LogP contribution in [0.2, 0.25) is 0 Å². The number of hydrogen-bond donors (Lipinski definition) is 1. The van der Waals surface area contributed by atoms with Crippen molar-refractivity contribution in [2.24, 2.45) is 11.7 Å². The Kier molecular flexibility index (Phi) is 4.63. The van der Waals surface area contributed by atoms with E-state index >= 15 is 0 Å². The Labute approximate surface area is 105 Å². The maximum Gasteiger partial charge on any atom is 0.134 e. The van der Waals surface area contributed by atoms with Crippen molar-refractivity contribution in [1.82, 2.24) is 9.97 Å². The van der Waals surface area contributed by atoms with Gasteiger partial charge in [0.05, 0.1) is 0 Å². The highest BCUT2D eigenvalue weighted by Gasteiger charge is 2.23. The summed E-state index contributed by atoms with van der Waals surface area (Å²) in [6, 6.07) is 2.09. The molecule has 17 heavy (non-hydrogen) atoms. The number of hydrogen-bond acceptors (Lipinski definition) is 3. The Balaban J connectivity index is 3.04. The number of aryl methyl sites for hydroxylation is 1. The van der Waals surface area contributed by atoms with Crippen LogP contribution in [0.4, 0.5) is 0 Å². The predicted octanol–water partition coefficient (Wildman–Crippen LogP) is 2.61. The SMILES string of the molecule is Cc1cc(CC(C)C)nc(C(C)(C)CCN)n1. The molecule has 0 aliphatic heterocycles. The zero-order valence-electron chi connectivity index (χ0n) is 11.7. The van der Waals surface area contributed by atoms with Crippen molar-refractivity contribution in [2.45, 2.75) is 52.9 Å². The summed E-state index contributed by atoms with van der Waals surface area (Å²) < 4.78 is 0. The third-order valence-electron chi connectivity index (χ3n) is 2.90. The lowest BCUT2D eigenvalue weighted by Gasteiger charge is -2.23. The molecule has 1 heterocycles. The molecule has 0 aromatic carbocycles. The molecule has 1 aromatic rings. The molecule has 0 spiro atoms. The second kappa shape index (κ2) is 5.58. The van der Waals surface area contributed by atoms with Crippen LogP contribution in [0, 0.1) is 12.8 Å². The van der Waals surface area contributed by atoms with Crippen LogP contribution in [-0.2, 0) is 11.8 Å². The van der Waals surface area contributed by atoms with Crippen LogP contribution in [0.25, 0.3) is 0 Å². The summed E-state index contributed by atoms with van der Waals surface area (Å²) in [7, 11) is 0. The quantitative estimate of drug-likeness (QED) is 0.853. The van der Waals surface area contributed by atoms with Crippen molar-refractivity contribution in [3.8, 4) is 0 Å². The molecule has 0 unspecified atom stereocenters. The van der Waals surface area contributed by atoms with Gasteiger partial charge in [-0.1, -0.05) is 27.7 Å². The summed E-state index contributed by atoms with van der Waals surface area (Å²) in [5, 5.41) is 0. The van der Waals surface area contributed by atoms with E-state index in [9.17, 15) is 0 Å². The maximum absolute atomic E-state index is 5.65. The molecule has 0 fully saturated rings. The number of rotatable bonds is 5. The molecule has 2 N–H and O–H groups in total. The molecule has 3 nitrogen and oxygen atoms in total. The molecule has 1 rings (SSSR count). The van der Waals surface area contributed by atoms with E-state index in [1.807, 2.05) is 6.92 Å². The fraction of sp³-hybridized carbons (Fsp3) is 0.714. The van der Waals surface area contributed by atoms with Crippen molar-refractivity contribution in [3.63, 3.8) is 0 Å². The van der Waals surface area contributed by atoms with Gasteiger partial charge in [0.25, 0.3) is 0 Å². The fourth-order valence-corrected chi connectivity index (χ4v) is 1.93. The first-order valence-electron chi connectivity index (χ1n) is 6.40. The summed E-state index contributed by atoms with van der Waals surface area (Å²) in [6.45, 7) is 11.4. The van der Waals surface area contributed by atoms with E-state index in [2.05, 4.69) is 38.7 Å². The molecule has 0 aliphatic rings. The van der Waals surface area contributed by atoms with Gasteiger partial charge in [-0.25, -0.2) is 9.97 Å². The van der Waals surface area contributed by atoms with Crippen LogP contribution in [0.1, 0.15) is 51.3 Å². The molecule has 0 bridgehead atoms. The molecule has 0 atom stereocenters. The van der Waals surface area contributed by atoms with Gasteiger partial charge in [0.1, 0.15) is 5.82 Å². The largest absolute Gasteiger partial charge is 0.330 e. The van der Waals surface area contributed by atoms with Crippen LogP contribution in [0.15, 0.2) is 6.07 Å². The minimum atomic E-state index is -0.0352. The Bertz CT molecular complexity index is 370. The van der Waals surface area contributed by atoms with E-state index in [0.717, 1.165) is 30.1 Å². The third kappa shape index (κ3) is 4.08. The molecule has 0 saturated heterocycles. The highest BCUT2D eigenvalue weighted by Crippen LogP contribution is 2.24. The molecule has 0 amide bonds. The zero-order chi connectivity index (χ0) is 13.1. The molecule has 0 aliphatic carbocycles. The van der Waals surface area contributed by atoms with E-state index in [1.165, 1.54) is 0 Å². The van der Waals surface area contributed by atoms with Gasteiger partial charge in [0.15, 0.2) is 0 Å². The minimum Gasteiger partial charge on any atom is -0.330 e. The van der Waals surface area contributed by atoms with Crippen LogP contribution < -0.4 is 5.73 Å². The van der Waals surface area contributed by atoms with Gasteiger partial charge < -0.3 is 5.73 Å². The molecular weight excluding hydrogens is 210 g/mol. The van der Waals surface area contributed by atoms with Gasteiger partial charge >= 0.3 is 0 Å². The Morgan fingerprint density at radius 3 is 2.47 bits per heavy atom. The van der Waals surface area contributed by atoms with Gasteiger partial charge in [0, 0.05) is 16.8 Å². The Morgan fingerprint density at radius 2 is 1.94 bits per heavy atom. The summed E-state index contributed by atoms with van der Waals surface area (Å²) >= 11 is 0. The van der Waals surface area contributed by atoms with Crippen LogP contribution in [-0.4, -0.2) is 16.5 Å². The zero-order valence-corrected chi connectivity index (χ0v) is 11.7. The van der Waals surface area contributed by atoms with E-state index in [-0.39, 0.29) is 5.41 Å². The lowest BCUT2D eigenvalue weighted by Crippen LogP contribution is -2.25. The molecule has 1 aromatic heterocycles. The number of nitrogens with two attached hydrogens (primary N) is 1. The summed E-state index contributed by atoms with van der Waals surface area (Å²) in [5.74, 6) is 1.55. The monoisotopic (exact) mass is 235 g/mol. The van der Waals surface area contributed by atoms with Crippen LogP contribution in [0.5, 0.6) is 0 Å². The smallest absolute Gasteiger partial charge is 0.134 e. The third-order valence-corrected chi connectivity index (χ3v) is 2.90. The highest BCUT2D eigenvalue weighted by atomic mass is 14.9. The lowest BCUT2D eigenvalue weighted by atomic mass is 9.88. The van der Waals surface area contributed by atoms with Crippen molar-refractivity contribution in [3.05, 3.63) is 23.3 Å². The highest BCUT2D eigenvalue weighted by molar-refractivity contribution is 5.15. The summed E-state index contributed by atoms with van der Waals surface area (Å²) in [5.41, 5.74) is 7.82. The van der Waals surface area contributed by atoms with Crippen molar-refractivity contribution in [1.29, 1.82) is 0 Å². The normalized spacial score (nSPS) is 12.2. The molecule has 0 saturated carbocycles. The summed E-state index contributed by atoms with van der Waals surface area (Å²) in [4.78, 5) is 9.26. The average Bonchev–Trinajstić information content (AvgIpc) is 2.15. The van der Waals surface area contributed by atoms with Crippen LogP contribution in [0.3, 0.4) is 0 Å². The topological polar surface area (TPSA) is 51.8 Å². The van der Waals surface area contributed by atoms with Gasteiger partial charge in [-0.2, -0.15) is 0 Å². The van der Waals surface area contributed by atoms with E-state index in [1.54, 1.807) is 0 Å². The first-order valence-corrected chi connectivity index (χ1v) is 6.40. The maximum atomic E-state index is 5.65. The van der Waals surface area contributed by atoms with Gasteiger partial charge in [-0.05, 0) is 38.3 Å². The van der Waals surface area contributed by atoms with Crippen LogP contribution >= 0.6 is 0 Å². The van der Waals surface area contributed by atoms with Crippen molar-refractivity contribution in [2.75, 3.05) is 6.54 Å². The standard InChI is InChI=1S/C14H25N3/c1-10(2)8-12-9-11(3)16-13(17-12)14(4,5)6-7-15/h9-10H,6-8,15H2,1-5H3. The van der Waals surface area contributed by atoms with Gasteiger partial charge in [0.2, 0.25) is 0 Å². The predicted molar refractivity (Wildman–Crippen MR) is 72.0 cm³/mol. The van der Waals surface area contributed by atoms with E-state index in [0.29, 0.717) is 12.5 Å². The summed E-state index contributed by atoms with van der Waals surface area (Å²) in [6.07, 6.45) is 1.92. The van der Waals surface area contributed by atoms with E-state index in [4.69, 9.17) is 10.7 Å². The van der Waals surface area contributed by atoms with Crippen molar-refractivity contribution < 1.29 is 0 Å². The second-order valence-electron chi connectivity index (χ2n) is 5.84. The minimum absolute atomic E-state index is 0.0352.